The van der Waals surface area contributed by atoms with Crippen molar-refractivity contribution in [3.63, 3.8) is 0 Å². The fourth-order valence-electron chi connectivity index (χ4n) is 2.49. The Morgan fingerprint density at radius 1 is 1.35 bits per heavy atom. The van der Waals surface area contributed by atoms with Gasteiger partial charge in [0.05, 0.1) is 0 Å². The second-order valence-corrected chi connectivity index (χ2v) is 6.08. The summed E-state index contributed by atoms with van der Waals surface area (Å²) in [4.78, 5) is 13.8. The molecule has 1 aromatic heterocycles. The van der Waals surface area contributed by atoms with Gasteiger partial charge in [-0.2, -0.15) is 0 Å². The summed E-state index contributed by atoms with van der Waals surface area (Å²) in [6.07, 6.45) is 1.90. The predicted molar refractivity (Wildman–Crippen MR) is 82.8 cm³/mol. The maximum atomic E-state index is 5.52. The predicted octanol–water partition coefficient (Wildman–Crippen LogP) is 1.25. The molecule has 6 nitrogen and oxygen atoms in total. The number of anilines is 2. The summed E-state index contributed by atoms with van der Waals surface area (Å²) >= 11 is 0. The molecule has 0 spiro atoms. The molecule has 1 aliphatic rings. The van der Waals surface area contributed by atoms with Crippen molar-refractivity contribution in [1.29, 1.82) is 0 Å². The van der Waals surface area contributed by atoms with Crippen LogP contribution in [0.2, 0.25) is 0 Å². The van der Waals surface area contributed by atoms with Gasteiger partial charge in [0.2, 0.25) is 0 Å². The van der Waals surface area contributed by atoms with Crippen LogP contribution in [-0.2, 0) is 6.42 Å². The zero-order valence-corrected chi connectivity index (χ0v) is 13.0. The summed E-state index contributed by atoms with van der Waals surface area (Å²) in [6.45, 7) is 9.61. The van der Waals surface area contributed by atoms with Gasteiger partial charge >= 0.3 is 0 Å². The molecule has 0 bridgehead atoms. The minimum atomic E-state index is 0.143. The first-order valence-corrected chi connectivity index (χ1v) is 7.27. The van der Waals surface area contributed by atoms with Crippen LogP contribution in [0.5, 0.6) is 0 Å². The number of nitrogens with one attached hydrogen (secondary N) is 1. The first-order chi connectivity index (χ1) is 9.46. The number of nitrogens with two attached hydrogens (primary N) is 1. The minimum Gasteiger partial charge on any atom is -0.353 e. The van der Waals surface area contributed by atoms with Gasteiger partial charge in [-0.05, 0) is 27.3 Å². The Labute approximate surface area is 121 Å². The number of hydrazine groups is 1. The highest BCUT2D eigenvalue weighted by atomic mass is 15.3. The van der Waals surface area contributed by atoms with E-state index in [4.69, 9.17) is 5.84 Å². The van der Waals surface area contributed by atoms with E-state index >= 15 is 0 Å². The van der Waals surface area contributed by atoms with Gasteiger partial charge < -0.3 is 10.3 Å². The molecule has 0 saturated carbocycles. The van der Waals surface area contributed by atoms with Crippen molar-refractivity contribution in [1.82, 2.24) is 14.9 Å². The number of nitrogens with zero attached hydrogens (tertiary/aromatic N) is 4. The SMILES string of the molecule is CCCc1nc(NN)cc(N2CCN(C)C(C)(C)C2)n1. The van der Waals surface area contributed by atoms with Crippen LogP contribution < -0.4 is 16.2 Å². The third-order valence-corrected chi connectivity index (χ3v) is 4.02. The van der Waals surface area contributed by atoms with Gasteiger partial charge in [-0.15, -0.1) is 0 Å². The van der Waals surface area contributed by atoms with Crippen LogP contribution in [0.1, 0.15) is 33.0 Å². The van der Waals surface area contributed by atoms with Crippen LogP contribution in [-0.4, -0.2) is 47.1 Å². The summed E-state index contributed by atoms with van der Waals surface area (Å²) in [6, 6.07) is 1.93. The number of hydrogen-bond donors (Lipinski definition) is 2. The molecule has 0 aliphatic carbocycles. The molecule has 20 heavy (non-hydrogen) atoms. The zero-order chi connectivity index (χ0) is 14.8. The fourth-order valence-corrected chi connectivity index (χ4v) is 2.49. The molecule has 0 radical (unpaired) electrons. The van der Waals surface area contributed by atoms with E-state index in [0.29, 0.717) is 5.82 Å². The molecule has 1 aromatic rings. The van der Waals surface area contributed by atoms with Gasteiger partial charge in [0.1, 0.15) is 17.5 Å². The topological polar surface area (TPSA) is 70.3 Å². The lowest BCUT2D eigenvalue weighted by molar-refractivity contribution is 0.138. The zero-order valence-electron chi connectivity index (χ0n) is 13.0. The van der Waals surface area contributed by atoms with Crippen molar-refractivity contribution in [3.8, 4) is 0 Å². The average Bonchev–Trinajstić information content (AvgIpc) is 2.41. The maximum Gasteiger partial charge on any atom is 0.145 e. The molecular weight excluding hydrogens is 252 g/mol. The lowest BCUT2D eigenvalue weighted by Crippen LogP contribution is -2.58. The van der Waals surface area contributed by atoms with Gasteiger partial charge in [0.15, 0.2) is 0 Å². The van der Waals surface area contributed by atoms with Gasteiger partial charge in [-0.25, -0.2) is 15.8 Å². The summed E-state index contributed by atoms with van der Waals surface area (Å²) in [7, 11) is 2.17. The van der Waals surface area contributed by atoms with E-state index in [2.05, 4.69) is 53.0 Å². The molecule has 0 aromatic carbocycles. The standard InChI is InChI=1S/C14H26N6/c1-5-6-11-16-12(18-15)9-13(17-11)20-8-7-19(4)14(2,3)10-20/h9H,5-8,10,15H2,1-4H3,(H,16,17,18). The second-order valence-electron chi connectivity index (χ2n) is 6.08. The smallest absolute Gasteiger partial charge is 0.145 e. The third kappa shape index (κ3) is 3.19. The van der Waals surface area contributed by atoms with Crippen LogP contribution in [0.4, 0.5) is 11.6 Å². The van der Waals surface area contributed by atoms with E-state index < -0.39 is 0 Å². The Hall–Kier alpha value is -1.40. The molecule has 1 fully saturated rings. The number of hydrogen-bond acceptors (Lipinski definition) is 6. The van der Waals surface area contributed by atoms with Crippen molar-refractivity contribution in [3.05, 3.63) is 11.9 Å². The van der Waals surface area contributed by atoms with E-state index in [0.717, 1.165) is 44.1 Å². The van der Waals surface area contributed by atoms with Crippen LogP contribution in [0.3, 0.4) is 0 Å². The monoisotopic (exact) mass is 278 g/mol. The molecule has 1 saturated heterocycles. The highest BCUT2D eigenvalue weighted by Gasteiger charge is 2.31. The molecule has 112 valence electrons. The van der Waals surface area contributed by atoms with Crippen LogP contribution in [0.15, 0.2) is 6.07 Å². The highest BCUT2D eigenvalue weighted by molar-refractivity contribution is 5.49. The first-order valence-electron chi connectivity index (χ1n) is 7.27. The molecule has 3 N–H and O–H groups in total. The lowest BCUT2D eigenvalue weighted by atomic mass is 10.00. The first kappa shape index (κ1) is 15.0. The van der Waals surface area contributed by atoms with Crippen molar-refractivity contribution < 1.29 is 0 Å². The highest BCUT2D eigenvalue weighted by Crippen LogP contribution is 2.24. The summed E-state index contributed by atoms with van der Waals surface area (Å²) in [5.41, 5.74) is 2.79. The molecular formula is C14H26N6. The van der Waals surface area contributed by atoms with Crippen LogP contribution in [0, 0.1) is 0 Å². The number of rotatable bonds is 4. The largest absolute Gasteiger partial charge is 0.353 e. The van der Waals surface area contributed by atoms with Gasteiger partial charge in [-0.1, -0.05) is 6.92 Å². The number of aryl methyl sites for hydroxylation is 1. The maximum absolute atomic E-state index is 5.52. The second kappa shape index (κ2) is 5.93. The number of nitrogen functional groups attached to an aromatic ring is 1. The summed E-state index contributed by atoms with van der Waals surface area (Å²) < 4.78 is 0. The molecule has 0 atom stereocenters. The van der Waals surface area contributed by atoms with E-state index in [-0.39, 0.29) is 5.54 Å². The number of piperazine rings is 1. The Morgan fingerprint density at radius 3 is 2.70 bits per heavy atom. The Balaban J connectivity index is 2.25. The van der Waals surface area contributed by atoms with Crippen molar-refractivity contribution in [2.45, 2.75) is 39.2 Å². The Kier molecular flexibility index (Phi) is 4.45. The molecule has 2 rings (SSSR count). The Bertz CT molecular complexity index is 459. The summed E-state index contributed by atoms with van der Waals surface area (Å²) in [5.74, 6) is 8.04. The number of aromatic nitrogens is 2. The third-order valence-electron chi connectivity index (χ3n) is 4.02. The minimum absolute atomic E-state index is 0.143. The van der Waals surface area contributed by atoms with Crippen molar-refractivity contribution in [2.75, 3.05) is 37.0 Å². The fraction of sp³-hybridized carbons (Fsp3) is 0.714. The normalized spacial score (nSPS) is 19.1. The van der Waals surface area contributed by atoms with Crippen molar-refractivity contribution >= 4 is 11.6 Å². The van der Waals surface area contributed by atoms with E-state index in [1.54, 1.807) is 0 Å². The quantitative estimate of drug-likeness (QED) is 0.638. The van der Waals surface area contributed by atoms with Crippen LogP contribution >= 0.6 is 0 Å². The Morgan fingerprint density at radius 2 is 2.10 bits per heavy atom. The molecule has 2 heterocycles. The average molecular weight is 278 g/mol. The van der Waals surface area contributed by atoms with Gasteiger partial charge in [-0.3, -0.25) is 4.90 Å². The van der Waals surface area contributed by atoms with E-state index in [1.165, 1.54) is 0 Å². The molecule has 0 amide bonds. The van der Waals surface area contributed by atoms with Gasteiger partial charge in [0.25, 0.3) is 0 Å². The van der Waals surface area contributed by atoms with E-state index in [9.17, 15) is 0 Å². The lowest BCUT2D eigenvalue weighted by Gasteiger charge is -2.45. The van der Waals surface area contributed by atoms with Crippen LogP contribution in [0.25, 0.3) is 0 Å². The van der Waals surface area contributed by atoms with E-state index in [1.807, 2.05) is 6.07 Å². The summed E-state index contributed by atoms with van der Waals surface area (Å²) in [5, 5.41) is 0. The van der Waals surface area contributed by atoms with Gasteiger partial charge in [0, 0.05) is 37.7 Å². The molecule has 0 unspecified atom stereocenters. The number of likely N-dealkylation sites (N-methyl/N-ethyl adjacent to an activating group) is 1. The molecule has 6 heteroatoms. The molecule has 1 aliphatic heterocycles. The van der Waals surface area contributed by atoms with Crippen molar-refractivity contribution in [2.24, 2.45) is 5.84 Å².